The van der Waals surface area contributed by atoms with Crippen molar-refractivity contribution in [1.82, 2.24) is 0 Å². The van der Waals surface area contributed by atoms with Crippen molar-refractivity contribution in [2.24, 2.45) is 5.14 Å². The number of aryl methyl sites for hydroxylation is 2. The van der Waals surface area contributed by atoms with Crippen LogP contribution in [0.5, 0.6) is 0 Å². The van der Waals surface area contributed by atoms with Gasteiger partial charge in [-0.05, 0) is 55.2 Å². The number of nitrogens with two attached hydrogens (primary N) is 1. The van der Waals surface area contributed by atoms with E-state index in [0.29, 0.717) is 16.7 Å². The maximum atomic E-state index is 13.0. The first-order chi connectivity index (χ1) is 13.1. The molecule has 0 aliphatic heterocycles. The predicted molar refractivity (Wildman–Crippen MR) is 113 cm³/mol. The van der Waals surface area contributed by atoms with Crippen LogP contribution in [0.2, 0.25) is 0 Å². The van der Waals surface area contributed by atoms with Gasteiger partial charge < -0.3 is 0 Å². The summed E-state index contributed by atoms with van der Waals surface area (Å²) in [6.07, 6.45) is 0.987. The van der Waals surface area contributed by atoms with Crippen molar-refractivity contribution in [2.75, 3.05) is 15.7 Å². The molecule has 0 fully saturated rings. The third-order valence-corrected chi connectivity index (χ3v) is 7.01. The second kappa shape index (κ2) is 7.94. The monoisotopic (exact) mass is 461 g/mol. The van der Waals surface area contributed by atoms with Gasteiger partial charge in [0.1, 0.15) is 0 Å². The number of hydrogen-bond donors (Lipinski definition) is 3. The summed E-state index contributed by atoms with van der Waals surface area (Å²) in [5, 5.41) is 5.00. The molecule has 0 radical (unpaired) electrons. The lowest BCUT2D eigenvalue weighted by Gasteiger charge is -2.19. The van der Waals surface area contributed by atoms with Crippen molar-refractivity contribution in [2.45, 2.75) is 31.4 Å². The highest BCUT2D eigenvalue weighted by Crippen LogP contribution is 2.32. The third kappa shape index (κ3) is 6.16. The Kier molecular flexibility index (Phi) is 6.33. The van der Waals surface area contributed by atoms with Crippen molar-refractivity contribution < 1.29 is 25.3 Å². The quantitative estimate of drug-likeness (QED) is 0.569. The molecule has 2 rings (SSSR count). The van der Waals surface area contributed by atoms with Gasteiger partial charge in [-0.15, -0.1) is 0 Å². The SMILES string of the molecule is Cc1cc(C)c(S(=O)(=O)Nc2ccc(CS(N)(=O)=O)cc2)c(C)c1NS(C)(=O)=O. The van der Waals surface area contributed by atoms with Crippen molar-refractivity contribution >= 4 is 41.4 Å². The molecule has 0 saturated heterocycles. The van der Waals surface area contributed by atoms with Gasteiger partial charge in [-0.25, -0.2) is 30.4 Å². The minimum Gasteiger partial charge on any atom is -0.283 e. The molecule has 2 aromatic carbocycles. The molecule has 9 nitrogen and oxygen atoms in total. The summed E-state index contributed by atoms with van der Waals surface area (Å²) in [5.41, 5.74) is 2.17. The second-order valence-corrected chi connectivity index (χ2v) is 11.8. The number of rotatable bonds is 7. The maximum absolute atomic E-state index is 13.0. The van der Waals surface area contributed by atoms with Crippen molar-refractivity contribution in [3.63, 3.8) is 0 Å². The van der Waals surface area contributed by atoms with E-state index in [1.165, 1.54) is 31.2 Å². The fraction of sp³-hybridized carbons (Fsp3) is 0.294. The highest BCUT2D eigenvalue weighted by molar-refractivity contribution is 7.93. The minimum atomic E-state index is -4.05. The molecule has 2 aromatic rings. The summed E-state index contributed by atoms with van der Waals surface area (Å²) in [6, 6.07) is 7.34. The average Bonchev–Trinajstić information content (AvgIpc) is 2.50. The van der Waals surface area contributed by atoms with E-state index < -0.39 is 30.1 Å². The van der Waals surface area contributed by atoms with E-state index in [-0.39, 0.29) is 27.6 Å². The van der Waals surface area contributed by atoms with Gasteiger partial charge in [0.05, 0.1) is 22.6 Å². The average molecular weight is 462 g/mol. The molecule has 0 amide bonds. The smallest absolute Gasteiger partial charge is 0.262 e. The predicted octanol–water partition coefficient (Wildman–Crippen LogP) is 1.57. The zero-order chi connectivity index (χ0) is 22.2. The Morgan fingerprint density at radius 2 is 1.41 bits per heavy atom. The minimum absolute atomic E-state index is 0.0390. The van der Waals surface area contributed by atoms with E-state index in [1.54, 1.807) is 19.9 Å². The van der Waals surface area contributed by atoms with Gasteiger partial charge in [0.2, 0.25) is 20.0 Å². The van der Waals surface area contributed by atoms with E-state index in [9.17, 15) is 25.3 Å². The first-order valence-electron chi connectivity index (χ1n) is 8.30. The lowest BCUT2D eigenvalue weighted by Crippen LogP contribution is -2.19. The number of sulfonamides is 3. The van der Waals surface area contributed by atoms with Gasteiger partial charge in [0.25, 0.3) is 10.0 Å². The first-order valence-corrected chi connectivity index (χ1v) is 13.4. The third-order valence-electron chi connectivity index (χ3n) is 4.03. The van der Waals surface area contributed by atoms with Gasteiger partial charge >= 0.3 is 0 Å². The van der Waals surface area contributed by atoms with E-state index in [4.69, 9.17) is 5.14 Å². The summed E-state index contributed by atoms with van der Waals surface area (Å²) in [6.45, 7) is 4.83. The van der Waals surface area contributed by atoms with Crippen LogP contribution in [-0.4, -0.2) is 31.5 Å². The Morgan fingerprint density at radius 1 is 0.862 bits per heavy atom. The van der Waals surface area contributed by atoms with Crippen LogP contribution >= 0.6 is 0 Å². The molecule has 0 spiro atoms. The van der Waals surface area contributed by atoms with E-state index in [1.807, 2.05) is 0 Å². The number of primary sulfonamides is 1. The van der Waals surface area contributed by atoms with Crippen molar-refractivity contribution in [3.8, 4) is 0 Å². The summed E-state index contributed by atoms with van der Waals surface area (Å²) in [5.74, 6) is -0.364. The lowest BCUT2D eigenvalue weighted by molar-refractivity contribution is 0.596. The fourth-order valence-electron chi connectivity index (χ4n) is 3.03. The summed E-state index contributed by atoms with van der Waals surface area (Å²) < 4.78 is 76.3. The van der Waals surface area contributed by atoms with Crippen LogP contribution in [0, 0.1) is 20.8 Å². The van der Waals surface area contributed by atoms with E-state index >= 15 is 0 Å². The Labute approximate surface area is 171 Å². The Hall–Kier alpha value is -2.15. The summed E-state index contributed by atoms with van der Waals surface area (Å²) in [7, 11) is -11.3. The Morgan fingerprint density at radius 3 is 1.90 bits per heavy atom. The standard InChI is InChI=1S/C17H23N3O6S3/c1-11-9-12(2)17(13(3)16(11)20-27(4,21)22)29(25,26)19-15-7-5-14(6-8-15)10-28(18,23)24/h5-9,19-20H,10H2,1-4H3,(H2,18,23,24). The van der Waals surface area contributed by atoms with Crippen LogP contribution in [0.4, 0.5) is 11.4 Å². The molecule has 29 heavy (non-hydrogen) atoms. The summed E-state index contributed by atoms with van der Waals surface area (Å²) in [4.78, 5) is -0.0390. The molecule has 0 aliphatic carbocycles. The zero-order valence-corrected chi connectivity index (χ0v) is 18.8. The van der Waals surface area contributed by atoms with Crippen LogP contribution in [-0.2, 0) is 35.8 Å². The zero-order valence-electron chi connectivity index (χ0n) is 16.3. The number of nitrogens with one attached hydrogen (secondary N) is 2. The van der Waals surface area contributed by atoms with Gasteiger partial charge in [0.15, 0.2) is 0 Å². The Bertz CT molecular complexity index is 1250. The largest absolute Gasteiger partial charge is 0.283 e. The van der Waals surface area contributed by atoms with Crippen LogP contribution in [0.3, 0.4) is 0 Å². The molecule has 0 aromatic heterocycles. The molecule has 12 heteroatoms. The first kappa shape index (κ1) is 23.1. The lowest BCUT2D eigenvalue weighted by atomic mass is 10.1. The van der Waals surface area contributed by atoms with E-state index in [0.717, 1.165) is 6.26 Å². The van der Waals surface area contributed by atoms with Gasteiger partial charge in [-0.3, -0.25) is 9.44 Å². The topological polar surface area (TPSA) is 152 Å². The molecule has 0 heterocycles. The van der Waals surface area contributed by atoms with Crippen LogP contribution < -0.4 is 14.6 Å². The van der Waals surface area contributed by atoms with Crippen LogP contribution in [0.15, 0.2) is 35.2 Å². The molecule has 4 N–H and O–H groups in total. The molecule has 0 atom stereocenters. The van der Waals surface area contributed by atoms with Crippen molar-refractivity contribution in [1.29, 1.82) is 0 Å². The highest BCUT2D eigenvalue weighted by atomic mass is 32.2. The second-order valence-electron chi connectivity index (χ2n) is 6.82. The van der Waals surface area contributed by atoms with Gasteiger partial charge in [-0.1, -0.05) is 18.2 Å². The molecular formula is C17H23N3O6S3. The van der Waals surface area contributed by atoms with Crippen LogP contribution in [0.25, 0.3) is 0 Å². The van der Waals surface area contributed by atoms with E-state index in [2.05, 4.69) is 9.44 Å². The number of hydrogen-bond acceptors (Lipinski definition) is 6. The Balaban J connectivity index is 2.44. The molecular weight excluding hydrogens is 438 g/mol. The van der Waals surface area contributed by atoms with Crippen molar-refractivity contribution in [3.05, 3.63) is 52.6 Å². The fourth-order valence-corrected chi connectivity index (χ4v) is 5.91. The van der Waals surface area contributed by atoms with Gasteiger partial charge in [-0.2, -0.15) is 0 Å². The number of benzene rings is 2. The van der Waals surface area contributed by atoms with Gasteiger partial charge in [0, 0.05) is 5.69 Å². The molecule has 160 valence electrons. The molecule has 0 saturated carbocycles. The maximum Gasteiger partial charge on any atom is 0.262 e. The molecule has 0 bridgehead atoms. The molecule has 0 aliphatic rings. The normalized spacial score (nSPS) is 12.6. The molecule has 0 unspecified atom stereocenters. The number of anilines is 2. The van der Waals surface area contributed by atoms with Crippen LogP contribution in [0.1, 0.15) is 22.3 Å². The highest BCUT2D eigenvalue weighted by Gasteiger charge is 2.24. The summed E-state index contributed by atoms with van der Waals surface area (Å²) >= 11 is 0.